The second-order valence-corrected chi connectivity index (χ2v) is 4.37. The standard InChI is InChI=1S/C10H17F4NO/c1-6-3-8(4-7(2)16-6)15-5-10(13,14)9(11)12/h6-9,15H,3-5H2,1-2H3. The number of hydrogen-bond acceptors (Lipinski definition) is 2. The van der Waals surface area contributed by atoms with Gasteiger partial charge >= 0.3 is 12.3 Å². The van der Waals surface area contributed by atoms with Crippen LogP contribution in [0.2, 0.25) is 0 Å². The molecule has 0 radical (unpaired) electrons. The molecule has 0 aromatic heterocycles. The molecule has 0 spiro atoms. The van der Waals surface area contributed by atoms with Crippen LogP contribution >= 0.6 is 0 Å². The zero-order chi connectivity index (χ0) is 12.3. The molecule has 6 heteroatoms. The molecule has 96 valence electrons. The van der Waals surface area contributed by atoms with Crippen LogP contribution in [0.25, 0.3) is 0 Å². The van der Waals surface area contributed by atoms with Crippen molar-refractivity contribution in [2.24, 2.45) is 0 Å². The zero-order valence-corrected chi connectivity index (χ0v) is 9.35. The number of alkyl halides is 4. The van der Waals surface area contributed by atoms with Crippen molar-refractivity contribution in [1.29, 1.82) is 0 Å². The van der Waals surface area contributed by atoms with Gasteiger partial charge in [0.2, 0.25) is 0 Å². The van der Waals surface area contributed by atoms with Crippen molar-refractivity contribution in [2.75, 3.05) is 6.54 Å². The molecule has 2 atom stereocenters. The molecule has 0 amide bonds. The Bertz CT molecular complexity index is 215. The molecule has 1 rings (SSSR count). The van der Waals surface area contributed by atoms with Gasteiger partial charge in [0.05, 0.1) is 18.8 Å². The Labute approximate surface area is 92.3 Å². The predicted molar refractivity (Wildman–Crippen MR) is 52.0 cm³/mol. The molecule has 1 heterocycles. The van der Waals surface area contributed by atoms with E-state index in [-0.39, 0.29) is 18.2 Å². The maximum absolute atomic E-state index is 12.7. The minimum absolute atomic E-state index is 0.0265. The molecule has 16 heavy (non-hydrogen) atoms. The molecule has 0 aromatic carbocycles. The molecule has 1 fully saturated rings. The Kier molecular flexibility index (Phi) is 4.55. The average molecular weight is 243 g/mol. The fourth-order valence-electron chi connectivity index (χ4n) is 1.93. The zero-order valence-electron chi connectivity index (χ0n) is 9.35. The van der Waals surface area contributed by atoms with Crippen LogP contribution in [-0.2, 0) is 4.74 Å². The van der Waals surface area contributed by atoms with Crippen molar-refractivity contribution >= 4 is 0 Å². The summed E-state index contributed by atoms with van der Waals surface area (Å²) in [6.45, 7) is 2.71. The lowest BCUT2D eigenvalue weighted by Gasteiger charge is -2.33. The Hall–Kier alpha value is -0.360. The van der Waals surface area contributed by atoms with Gasteiger partial charge < -0.3 is 10.1 Å². The van der Waals surface area contributed by atoms with Crippen LogP contribution in [-0.4, -0.2) is 37.1 Å². The highest BCUT2D eigenvalue weighted by atomic mass is 19.3. The number of halogens is 4. The summed E-state index contributed by atoms with van der Waals surface area (Å²) in [5.41, 5.74) is 0. The molecule has 1 aliphatic heterocycles. The van der Waals surface area contributed by atoms with E-state index in [1.54, 1.807) is 0 Å². The minimum atomic E-state index is -3.95. The third-order valence-electron chi connectivity index (χ3n) is 2.64. The molecule has 1 N–H and O–H groups in total. The highest BCUT2D eigenvalue weighted by molar-refractivity contribution is 4.82. The van der Waals surface area contributed by atoms with Gasteiger partial charge in [-0.1, -0.05) is 0 Å². The summed E-state index contributed by atoms with van der Waals surface area (Å²) in [5.74, 6) is -3.95. The largest absolute Gasteiger partial charge is 0.375 e. The van der Waals surface area contributed by atoms with Crippen LogP contribution in [0.4, 0.5) is 17.6 Å². The Morgan fingerprint density at radius 3 is 2.19 bits per heavy atom. The summed E-state index contributed by atoms with van der Waals surface area (Å²) in [5, 5.41) is 2.49. The van der Waals surface area contributed by atoms with Gasteiger partial charge in [-0.3, -0.25) is 0 Å². The van der Waals surface area contributed by atoms with E-state index in [1.807, 2.05) is 13.8 Å². The summed E-state index contributed by atoms with van der Waals surface area (Å²) in [7, 11) is 0. The van der Waals surface area contributed by atoms with Gasteiger partial charge in [0.1, 0.15) is 0 Å². The van der Waals surface area contributed by atoms with Crippen molar-refractivity contribution in [3.8, 4) is 0 Å². The van der Waals surface area contributed by atoms with E-state index in [0.29, 0.717) is 12.8 Å². The Morgan fingerprint density at radius 1 is 1.25 bits per heavy atom. The van der Waals surface area contributed by atoms with Crippen molar-refractivity contribution in [3.05, 3.63) is 0 Å². The van der Waals surface area contributed by atoms with E-state index in [1.165, 1.54) is 0 Å². The van der Waals surface area contributed by atoms with Crippen molar-refractivity contribution in [3.63, 3.8) is 0 Å². The maximum Gasteiger partial charge on any atom is 0.319 e. The van der Waals surface area contributed by atoms with E-state index < -0.39 is 18.9 Å². The van der Waals surface area contributed by atoms with Gasteiger partial charge in [0, 0.05) is 6.04 Å². The molecule has 1 saturated heterocycles. The van der Waals surface area contributed by atoms with Gasteiger partial charge in [-0.25, -0.2) is 8.78 Å². The van der Waals surface area contributed by atoms with Crippen LogP contribution in [0.5, 0.6) is 0 Å². The summed E-state index contributed by atoms with van der Waals surface area (Å²) < 4.78 is 54.5. The summed E-state index contributed by atoms with van der Waals surface area (Å²) in [4.78, 5) is 0. The van der Waals surface area contributed by atoms with Gasteiger partial charge in [0.15, 0.2) is 0 Å². The predicted octanol–water partition coefficient (Wildman–Crippen LogP) is 2.43. The van der Waals surface area contributed by atoms with E-state index in [4.69, 9.17) is 4.74 Å². The minimum Gasteiger partial charge on any atom is -0.375 e. The molecule has 0 saturated carbocycles. The Balaban J connectivity index is 2.37. The van der Waals surface area contributed by atoms with E-state index in [9.17, 15) is 17.6 Å². The van der Waals surface area contributed by atoms with E-state index >= 15 is 0 Å². The third kappa shape index (κ3) is 3.90. The SMILES string of the molecule is CC1CC(NCC(F)(F)C(F)F)CC(C)O1. The van der Waals surface area contributed by atoms with Gasteiger partial charge in [0.25, 0.3) is 0 Å². The van der Waals surface area contributed by atoms with Crippen molar-refractivity contribution < 1.29 is 22.3 Å². The fourth-order valence-corrected chi connectivity index (χ4v) is 1.93. The number of rotatable bonds is 4. The van der Waals surface area contributed by atoms with Crippen LogP contribution in [0, 0.1) is 0 Å². The molecule has 0 aliphatic carbocycles. The Morgan fingerprint density at radius 2 is 1.75 bits per heavy atom. The first-order valence-electron chi connectivity index (χ1n) is 5.36. The van der Waals surface area contributed by atoms with Gasteiger partial charge in [-0.15, -0.1) is 0 Å². The number of nitrogens with one attached hydrogen (secondary N) is 1. The third-order valence-corrected chi connectivity index (χ3v) is 2.64. The first-order chi connectivity index (χ1) is 7.31. The van der Waals surface area contributed by atoms with Gasteiger partial charge in [-0.2, -0.15) is 8.78 Å². The van der Waals surface area contributed by atoms with Crippen LogP contribution in [0.1, 0.15) is 26.7 Å². The summed E-state index contributed by atoms with van der Waals surface area (Å²) >= 11 is 0. The van der Waals surface area contributed by atoms with Gasteiger partial charge in [-0.05, 0) is 26.7 Å². The first kappa shape index (κ1) is 13.7. The van der Waals surface area contributed by atoms with E-state index in [2.05, 4.69) is 5.32 Å². The molecular weight excluding hydrogens is 226 g/mol. The molecule has 0 bridgehead atoms. The first-order valence-corrected chi connectivity index (χ1v) is 5.36. The number of hydrogen-bond donors (Lipinski definition) is 1. The van der Waals surface area contributed by atoms with Crippen molar-refractivity contribution in [1.82, 2.24) is 5.32 Å². The van der Waals surface area contributed by atoms with Crippen LogP contribution < -0.4 is 5.32 Å². The fraction of sp³-hybridized carbons (Fsp3) is 1.00. The molecule has 2 unspecified atom stereocenters. The van der Waals surface area contributed by atoms with E-state index in [0.717, 1.165) is 0 Å². The highest BCUT2D eigenvalue weighted by Crippen LogP contribution is 2.24. The maximum atomic E-state index is 12.7. The lowest BCUT2D eigenvalue weighted by Crippen LogP contribution is -2.47. The monoisotopic (exact) mass is 243 g/mol. The van der Waals surface area contributed by atoms with Crippen molar-refractivity contribution in [2.45, 2.75) is 57.3 Å². The highest BCUT2D eigenvalue weighted by Gasteiger charge is 2.41. The normalized spacial score (nSPS) is 32.1. The van der Waals surface area contributed by atoms with Crippen LogP contribution in [0.15, 0.2) is 0 Å². The second-order valence-electron chi connectivity index (χ2n) is 4.37. The number of ether oxygens (including phenoxy) is 1. The molecule has 1 aliphatic rings. The second kappa shape index (κ2) is 5.31. The molecule has 0 aromatic rings. The summed E-state index contributed by atoms with van der Waals surface area (Å²) in [6.07, 6.45) is -2.52. The smallest absolute Gasteiger partial charge is 0.319 e. The quantitative estimate of drug-likeness (QED) is 0.766. The average Bonchev–Trinajstić information content (AvgIpc) is 2.13. The molecular formula is C10H17F4NO. The lowest BCUT2D eigenvalue weighted by atomic mass is 10.00. The lowest BCUT2D eigenvalue weighted by molar-refractivity contribution is -0.129. The summed E-state index contributed by atoms with van der Waals surface area (Å²) in [6, 6.07) is -0.177. The molecule has 2 nitrogen and oxygen atoms in total. The topological polar surface area (TPSA) is 21.3 Å². The van der Waals surface area contributed by atoms with Crippen LogP contribution in [0.3, 0.4) is 0 Å².